The lowest BCUT2D eigenvalue weighted by molar-refractivity contribution is -0.147. The Morgan fingerprint density at radius 2 is 1.95 bits per heavy atom. The Hall–Kier alpha value is -1.77. The molecule has 2 aromatic rings. The normalized spacial score (nSPS) is 12.0. The monoisotopic (exact) mass is 259 g/mol. The lowest BCUT2D eigenvalue weighted by Crippen LogP contribution is -2.24. The number of aryl methyl sites for hydroxylation is 2. The number of carboxylic acids is 1. The SMILES string of the molecule is Cc1c(CCC(C)(C)C(=O)O)c2ccccc2n1C. The van der Waals surface area contributed by atoms with Crippen molar-refractivity contribution in [3.63, 3.8) is 0 Å². The van der Waals surface area contributed by atoms with Crippen LogP contribution >= 0.6 is 0 Å². The van der Waals surface area contributed by atoms with E-state index in [4.69, 9.17) is 0 Å². The van der Waals surface area contributed by atoms with Gasteiger partial charge in [-0.05, 0) is 45.2 Å². The third-order valence-electron chi connectivity index (χ3n) is 4.11. The van der Waals surface area contributed by atoms with Gasteiger partial charge in [-0.25, -0.2) is 0 Å². The van der Waals surface area contributed by atoms with Crippen molar-refractivity contribution in [3.05, 3.63) is 35.5 Å². The summed E-state index contributed by atoms with van der Waals surface area (Å²) in [5.74, 6) is -0.731. The molecular weight excluding hydrogens is 238 g/mol. The molecule has 3 heteroatoms. The molecule has 0 bridgehead atoms. The van der Waals surface area contributed by atoms with Crippen LogP contribution in [-0.2, 0) is 18.3 Å². The van der Waals surface area contributed by atoms with Crippen LogP contribution in [-0.4, -0.2) is 15.6 Å². The predicted molar refractivity (Wildman–Crippen MR) is 77.4 cm³/mol. The second-order valence-corrected chi connectivity index (χ2v) is 5.83. The summed E-state index contributed by atoms with van der Waals surface area (Å²) in [7, 11) is 2.06. The largest absolute Gasteiger partial charge is 0.481 e. The average molecular weight is 259 g/mol. The van der Waals surface area contributed by atoms with Crippen LogP contribution in [0.1, 0.15) is 31.5 Å². The molecule has 0 aliphatic rings. The fourth-order valence-electron chi connectivity index (χ4n) is 2.46. The van der Waals surface area contributed by atoms with Gasteiger partial charge in [0.25, 0.3) is 0 Å². The quantitative estimate of drug-likeness (QED) is 0.912. The van der Waals surface area contributed by atoms with Gasteiger partial charge in [0.15, 0.2) is 0 Å². The third kappa shape index (κ3) is 2.37. The minimum atomic E-state index is -0.731. The Morgan fingerprint density at radius 3 is 2.58 bits per heavy atom. The first-order chi connectivity index (χ1) is 8.84. The molecule has 19 heavy (non-hydrogen) atoms. The van der Waals surface area contributed by atoms with E-state index in [1.807, 2.05) is 12.1 Å². The van der Waals surface area contributed by atoms with Crippen molar-refractivity contribution >= 4 is 16.9 Å². The van der Waals surface area contributed by atoms with Crippen molar-refractivity contribution in [3.8, 4) is 0 Å². The van der Waals surface area contributed by atoms with Crippen LogP contribution in [0.3, 0.4) is 0 Å². The van der Waals surface area contributed by atoms with Gasteiger partial charge >= 0.3 is 5.97 Å². The van der Waals surface area contributed by atoms with Gasteiger partial charge in [0.05, 0.1) is 5.41 Å². The Balaban J connectivity index is 2.36. The molecule has 1 N–H and O–H groups in total. The molecule has 0 amide bonds. The van der Waals surface area contributed by atoms with Gasteiger partial charge in [-0.1, -0.05) is 18.2 Å². The Morgan fingerprint density at radius 1 is 1.32 bits per heavy atom. The summed E-state index contributed by atoms with van der Waals surface area (Å²) in [4.78, 5) is 11.2. The molecule has 102 valence electrons. The number of hydrogen-bond donors (Lipinski definition) is 1. The zero-order valence-electron chi connectivity index (χ0n) is 12.0. The van der Waals surface area contributed by atoms with Gasteiger partial charge in [-0.15, -0.1) is 0 Å². The van der Waals surface area contributed by atoms with Gasteiger partial charge in [0, 0.05) is 23.6 Å². The smallest absolute Gasteiger partial charge is 0.309 e. The number of carboxylic acid groups (broad SMARTS) is 1. The van der Waals surface area contributed by atoms with Crippen molar-refractivity contribution in [1.29, 1.82) is 0 Å². The summed E-state index contributed by atoms with van der Waals surface area (Å²) in [6.45, 7) is 5.68. The van der Waals surface area contributed by atoms with Crippen molar-refractivity contribution < 1.29 is 9.90 Å². The van der Waals surface area contributed by atoms with E-state index in [0.29, 0.717) is 6.42 Å². The van der Waals surface area contributed by atoms with Gasteiger partial charge in [0.2, 0.25) is 0 Å². The molecule has 1 aromatic heterocycles. The summed E-state index contributed by atoms with van der Waals surface area (Å²) >= 11 is 0. The maximum absolute atomic E-state index is 11.2. The number of benzene rings is 1. The van der Waals surface area contributed by atoms with E-state index in [0.717, 1.165) is 6.42 Å². The number of aliphatic carboxylic acids is 1. The van der Waals surface area contributed by atoms with Crippen molar-refractivity contribution in [1.82, 2.24) is 4.57 Å². The van der Waals surface area contributed by atoms with Crippen molar-refractivity contribution in [2.45, 2.75) is 33.6 Å². The predicted octanol–water partition coefficient (Wildman–Crippen LogP) is 3.53. The van der Waals surface area contributed by atoms with E-state index in [1.165, 1.54) is 22.2 Å². The molecule has 0 atom stereocenters. The summed E-state index contributed by atoms with van der Waals surface area (Å²) in [6, 6.07) is 8.29. The molecule has 0 unspecified atom stereocenters. The average Bonchev–Trinajstić information content (AvgIpc) is 2.60. The fraction of sp³-hybridized carbons (Fsp3) is 0.438. The minimum absolute atomic E-state index is 0.650. The van der Waals surface area contributed by atoms with Gasteiger partial charge in [0.1, 0.15) is 0 Å². The molecule has 2 rings (SSSR count). The van der Waals surface area contributed by atoms with E-state index in [1.54, 1.807) is 13.8 Å². The first kappa shape index (κ1) is 13.7. The lowest BCUT2D eigenvalue weighted by atomic mass is 9.86. The van der Waals surface area contributed by atoms with Crippen molar-refractivity contribution in [2.24, 2.45) is 12.5 Å². The standard InChI is InChI=1S/C16H21NO2/c1-11-12(9-10-16(2,3)15(18)19)13-7-5-6-8-14(13)17(11)4/h5-8H,9-10H2,1-4H3,(H,18,19). The summed E-state index contributed by atoms with van der Waals surface area (Å²) < 4.78 is 2.18. The number of rotatable bonds is 4. The molecule has 0 radical (unpaired) electrons. The molecule has 1 heterocycles. The van der Waals surface area contributed by atoms with Crippen LogP contribution in [0.25, 0.3) is 10.9 Å². The number of carbonyl (C=O) groups is 1. The molecule has 0 spiro atoms. The second kappa shape index (κ2) is 4.72. The number of para-hydroxylation sites is 1. The van der Waals surface area contributed by atoms with Crippen LogP contribution in [0.5, 0.6) is 0 Å². The molecular formula is C16H21NO2. The molecule has 0 aliphatic carbocycles. The molecule has 0 saturated heterocycles. The van der Waals surface area contributed by atoms with Crippen LogP contribution in [0, 0.1) is 12.3 Å². The number of fused-ring (bicyclic) bond motifs is 1. The number of aromatic nitrogens is 1. The molecule has 3 nitrogen and oxygen atoms in total. The zero-order chi connectivity index (χ0) is 14.2. The van der Waals surface area contributed by atoms with Crippen LogP contribution < -0.4 is 0 Å². The van der Waals surface area contributed by atoms with E-state index in [9.17, 15) is 9.90 Å². The van der Waals surface area contributed by atoms with Gasteiger partial charge in [-0.2, -0.15) is 0 Å². The second-order valence-electron chi connectivity index (χ2n) is 5.83. The topological polar surface area (TPSA) is 42.2 Å². The lowest BCUT2D eigenvalue weighted by Gasteiger charge is -2.18. The summed E-state index contributed by atoms with van der Waals surface area (Å²) in [5.41, 5.74) is 3.03. The van der Waals surface area contributed by atoms with E-state index in [2.05, 4.69) is 30.7 Å². The van der Waals surface area contributed by atoms with E-state index in [-0.39, 0.29) is 0 Å². The molecule has 0 saturated carbocycles. The summed E-state index contributed by atoms with van der Waals surface area (Å²) in [5, 5.41) is 10.4. The molecule has 0 aliphatic heterocycles. The Bertz CT molecular complexity index is 623. The molecule has 0 fully saturated rings. The highest BCUT2D eigenvalue weighted by Crippen LogP contribution is 2.30. The van der Waals surface area contributed by atoms with Crippen molar-refractivity contribution in [2.75, 3.05) is 0 Å². The zero-order valence-corrected chi connectivity index (χ0v) is 12.0. The van der Waals surface area contributed by atoms with Crippen LogP contribution in [0.15, 0.2) is 24.3 Å². The number of nitrogens with zero attached hydrogens (tertiary/aromatic N) is 1. The highest BCUT2D eigenvalue weighted by Gasteiger charge is 2.27. The first-order valence-corrected chi connectivity index (χ1v) is 6.61. The maximum Gasteiger partial charge on any atom is 0.309 e. The Labute approximate surface area is 113 Å². The molecule has 1 aromatic carbocycles. The third-order valence-corrected chi connectivity index (χ3v) is 4.11. The Kier molecular flexibility index (Phi) is 3.40. The van der Waals surface area contributed by atoms with Crippen LogP contribution in [0.2, 0.25) is 0 Å². The summed E-state index contributed by atoms with van der Waals surface area (Å²) in [6.07, 6.45) is 1.45. The van der Waals surface area contributed by atoms with E-state index >= 15 is 0 Å². The van der Waals surface area contributed by atoms with E-state index < -0.39 is 11.4 Å². The highest BCUT2D eigenvalue weighted by molar-refractivity contribution is 5.85. The van der Waals surface area contributed by atoms with Crippen LogP contribution in [0.4, 0.5) is 0 Å². The highest BCUT2D eigenvalue weighted by atomic mass is 16.4. The van der Waals surface area contributed by atoms with Gasteiger partial charge < -0.3 is 9.67 Å². The van der Waals surface area contributed by atoms with Gasteiger partial charge in [-0.3, -0.25) is 4.79 Å². The fourth-order valence-corrected chi connectivity index (χ4v) is 2.46. The number of hydrogen-bond acceptors (Lipinski definition) is 1. The maximum atomic E-state index is 11.2. The minimum Gasteiger partial charge on any atom is -0.481 e. The first-order valence-electron chi connectivity index (χ1n) is 6.61.